The quantitative estimate of drug-likeness (QED) is 0.319. The van der Waals surface area contributed by atoms with E-state index >= 15 is 0 Å². The number of carbonyl (C=O) groups excluding carboxylic acids is 1. The molecule has 0 aliphatic carbocycles. The van der Waals surface area contributed by atoms with Gasteiger partial charge in [0.1, 0.15) is 18.3 Å². The summed E-state index contributed by atoms with van der Waals surface area (Å²) >= 11 is 0. The van der Waals surface area contributed by atoms with Crippen LogP contribution in [0, 0.1) is 5.92 Å². The predicted molar refractivity (Wildman–Crippen MR) is 126 cm³/mol. The molecule has 1 amide bonds. The second-order valence-electron chi connectivity index (χ2n) is 9.08. The maximum Gasteiger partial charge on any atom is 0.280 e. The highest BCUT2D eigenvalue weighted by Gasteiger charge is 2.45. The van der Waals surface area contributed by atoms with Gasteiger partial charge in [-0.1, -0.05) is 59.3 Å². The molecule has 2 aromatic heterocycles. The van der Waals surface area contributed by atoms with Gasteiger partial charge in [0.15, 0.2) is 17.4 Å². The molecule has 3 rings (SSSR count). The molecule has 2 aromatic rings. The maximum absolute atomic E-state index is 12.5. The number of imidazole rings is 1. The Bertz CT molecular complexity index is 990. The van der Waals surface area contributed by atoms with E-state index in [1.165, 1.54) is 36.6 Å². The highest BCUT2D eigenvalue weighted by Crippen LogP contribution is 2.33. The molecule has 1 saturated heterocycles. The Hall–Kier alpha value is -2.34. The summed E-state index contributed by atoms with van der Waals surface area (Å²) in [4.78, 5) is 35.6. The molecule has 4 atom stereocenters. The largest absolute Gasteiger partial charge is 0.394 e. The van der Waals surface area contributed by atoms with Crippen LogP contribution in [0.2, 0.25) is 0 Å². The number of unbranched alkanes of at least 4 members (excludes halogenated alkanes) is 6. The SMILES string of the molecule is CCCCCCCCCO[C@@H]1[C@H](O)[C@@H](CO)O[C@H]1n1cnc2c(=O)[nH]c(NC(=O)C(C)C)nc21. The van der Waals surface area contributed by atoms with Crippen LogP contribution in [-0.4, -0.2) is 67.2 Å². The van der Waals surface area contributed by atoms with Crippen molar-refractivity contribution in [2.75, 3.05) is 18.5 Å². The number of aromatic nitrogens is 4. The molecular weight excluding hydrogens is 442 g/mol. The minimum atomic E-state index is -1.06. The number of hydrogen-bond acceptors (Lipinski definition) is 8. The zero-order valence-corrected chi connectivity index (χ0v) is 20.2. The standard InChI is InChI=1S/C23H37N5O6/c1-4-5-6-7-8-9-10-11-33-18-17(30)15(12-29)34-22(18)28-13-24-16-19(28)25-23(27-21(16)32)26-20(31)14(2)3/h13-15,17-18,22,29-30H,4-12H2,1-3H3,(H2,25,26,27,31,32)/t15-,17-,18-,22-/m1/s1. The van der Waals surface area contributed by atoms with Crippen LogP contribution in [0.25, 0.3) is 11.2 Å². The molecule has 0 saturated carbocycles. The number of aromatic amines is 1. The van der Waals surface area contributed by atoms with Gasteiger partial charge < -0.3 is 19.7 Å². The number of aliphatic hydroxyl groups is 2. The van der Waals surface area contributed by atoms with Gasteiger partial charge in [-0.15, -0.1) is 0 Å². The summed E-state index contributed by atoms with van der Waals surface area (Å²) in [6.45, 7) is 5.70. The van der Waals surface area contributed by atoms with E-state index in [-0.39, 0.29) is 35.5 Å². The highest BCUT2D eigenvalue weighted by atomic mass is 16.6. The minimum absolute atomic E-state index is 0.00394. The average molecular weight is 480 g/mol. The van der Waals surface area contributed by atoms with Crippen molar-refractivity contribution in [3.05, 3.63) is 16.7 Å². The van der Waals surface area contributed by atoms with Gasteiger partial charge in [0.25, 0.3) is 5.56 Å². The van der Waals surface area contributed by atoms with Crippen molar-refractivity contribution in [1.29, 1.82) is 0 Å². The van der Waals surface area contributed by atoms with Crippen LogP contribution in [0.15, 0.2) is 11.1 Å². The Morgan fingerprint density at radius 1 is 1.26 bits per heavy atom. The van der Waals surface area contributed by atoms with Crippen molar-refractivity contribution in [3.8, 4) is 0 Å². The van der Waals surface area contributed by atoms with Crippen molar-refractivity contribution in [1.82, 2.24) is 19.5 Å². The van der Waals surface area contributed by atoms with Crippen molar-refractivity contribution in [3.63, 3.8) is 0 Å². The number of H-pyrrole nitrogens is 1. The summed E-state index contributed by atoms with van der Waals surface area (Å²) in [5, 5.41) is 22.9. The average Bonchev–Trinajstić information content (AvgIpc) is 3.36. The lowest BCUT2D eigenvalue weighted by Crippen LogP contribution is -2.35. The summed E-state index contributed by atoms with van der Waals surface area (Å²) in [7, 11) is 0. The molecule has 1 aliphatic rings. The number of ether oxygens (including phenoxy) is 2. The molecule has 34 heavy (non-hydrogen) atoms. The van der Waals surface area contributed by atoms with Gasteiger partial charge in [-0.2, -0.15) is 4.98 Å². The number of carbonyl (C=O) groups is 1. The van der Waals surface area contributed by atoms with E-state index in [0.29, 0.717) is 6.61 Å². The molecule has 190 valence electrons. The van der Waals surface area contributed by atoms with Crippen molar-refractivity contribution >= 4 is 23.0 Å². The summed E-state index contributed by atoms with van der Waals surface area (Å²) in [5.41, 5.74) is -0.261. The van der Waals surface area contributed by atoms with Crippen molar-refractivity contribution in [2.45, 2.75) is 90.3 Å². The van der Waals surface area contributed by atoms with Crippen LogP contribution in [0.4, 0.5) is 5.95 Å². The lowest BCUT2D eigenvalue weighted by Gasteiger charge is -2.22. The van der Waals surface area contributed by atoms with Crippen LogP contribution >= 0.6 is 0 Å². The van der Waals surface area contributed by atoms with Gasteiger partial charge in [0.2, 0.25) is 11.9 Å². The number of anilines is 1. The Kier molecular flexibility index (Phi) is 9.57. The van der Waals surface area contributed by atoms with E-state index < -0.39 is 30.1 Å². The van der Waals surface area contributed by atoms with E-state index in [0.717, 1.165) is 19.3 Å². The first-order valence-corrected chi connectivity index (χ1v) is 12.2. The monoisotopic (exact) mass is 479 g/mol. The van der Waals surface area contributed by atoms with Crippen molar-refractivity contribution < 1.29 is 24.5 Å². The first kappa shape index (κ1) is 26.3. The Balaban J connectivity index is 1.74. The molecule has 11 heteroatoms. The Morgan fingerprint density at radius 3 is 2.65 bits per heavy atom. The Labute approximate surface area is 198 Å². The number of aliphatic hydroxyl groups excluding tert-OH is 2. The summed E-state index contributed by atoms with van der Waals surface area (Å²) in [6, 6.07) is 0. The predicted octanol–water partition coefficient (Wildman–Crippen LogP) is 2.10. The van der Waals surface area contributed by atoms with E-state index in [1.54, 1.807) is 13.8 Å². The zero-order chi connectivity index (χ0) is 24.7. The number of hydrogen-bond donors (Lipinski definition) is 4. The molecule has 0 radical (unpaired) electrons. The molecule has 11 nitrogen and oxygen atoms in total. The van der Waals surface area contributed by atoms with Crippen molar-refractivity contribution in [2.24, 2.45) is 5.92 Å². The third-order valence-corrected chi connectivity index (χ3v) is 6.02. The Morgan fingerprint density at radius 2 is 1.97 bits per heavy atom. The third-order valence-electron chi connectivity index (χ3n) is 6.02. The lowest BCUT2D eigenvalue weighted by molar-refractivity contribution is -0.118. The summed E-state index contributed by atoms with van der Waals surface area (Å²) in [5.74, 6) is -0.595. The lowest BCUT2D eigenvalue weighted by atomic mass is 10.1. The van der Waals surface area contributed by atoms with Crippen LogP contribution in [0.1, 0.15) is 71.9 Å². The van der Waals surface area contributed by atoms with E-state index in [4.69, 9.17) is 9.47 Å². The van der Waals surface area contributed by atoms with E-state index in [2.05, 4.69) is 27.2 Å². The smallest absolute Gasteiger partial charge is 0.280 e. The fourth-order valence-corrected chi connectivity index (χ4v) is 3.98. The van der Waals surface area contributed by atoms with Gasteiger partial charge in [0.05, 0.1) is 12.9 Å². The highest BCUT2D eigenvalue weighted by molar-refractivity contribution is 5.91. The fourth-order valence-electron chi connectivity index (χ4n) is 3.98. The molecule has 3 heterocycles. The second kappa shape index (κ2) is 12.4. The molecule has 0 bridgehead atoms. The normalized spacial score (nSPS) is 22.6. The number of rotatable bonds is 13. The topological polar surface area (TPSA) is 152 Å². The molecule has 4 N–H and O–H groups in total. The summed E-state index contributed by atoms with van der Waals surface area (Å²) < 4.78 is 13.4. The van der Waals surface area contributed by atoms with E-state index in [1.807, 2.05) is 0 Å². The fraction of sp³-hybridized carbons (Fsp3) is 0.739. The van der Waals surface area contributed by atoms with Gasteiger partial charge >= 0.3 is 0 Å². The van der Waals surface area contributed by atoms with Gasteiger partial charge in [-0.25, -0.2) is 4.98 Å². The van der Waals surface area contributed by atoms with Gasteiger partial charge in [0, 0.05) is 12.5 Å². The first-order valence-electron chi connectivity index (χ1n) is 12.2. The minimum Gasteiger partial charge on any atom is -0.394 e. The zero-order valence-electron chi connectivity index (χ0n) is 20.2. The van der Waals surface area contributed by atoms with Gasteiger partial charge in [-0.05, 0) is 6.42 Å². The number of nitrogens with zero attached hydrogens (tertiary/aromatic N) is 3. The number of fused-ring (bicyclic) bond motifs is 1. The molecule has 1 fully saturated rings. The third kappa shape index (κ3) is 6.21. The van der Waals surface area contributed by atoms with Crippen LogP contribution < -0.4 is 10.9 Å². The summed E-state index contributed by atoms with van der Waals surface area (Å²) in [6.07, 6.45) is 5.81. The molecule has 0 unspecified atom stereocenters. The maximum atomic E-state index is 12.5. The molecule has 1 aliphatic heterocycles. The number of nitrogens with one attached hydrogen (secondary N) is 2. The molecular formula is C23H37N5O6. The van der Waals surface area contributed by atoms with Crippen LogP contribution in [-0.2, 0) is 14.3 Å². The van der Waals surface area contributed by atoms with Gasteiger partial charge in [-0.3, -0.25) is 24.5 Å². The van der Waals surface area contributed by atoms with Crippen LogP contribution in [0.5, 0.6) is 0 Å². The van der Waals surface area contributed by atoms with E-state index in [9.17, 15) is 19.8 Å². The molecule has 0 spiro atoms. The number of amides is 1. The molecule has 0 aromatic carbocycles. The first-order chi connectivity index (χ1) is 16.4. The second-order valence-corrected chi connectivity index (χ2v) is 9.08. The van der Waals surface area contributed by atoms with Crippen LogP contribution in [0.3, 0.4) is 0 Å².